The van der Waals surface area contributed by atoms with Gasteiger partial charge in [0.2, 0.25) is 0 Å². The lowest BCUT2D eigenvalue weighted by molar-refractivity contribution is 0.0955. The third kappa shape index (κ3) is 9.13. The fourth-order valence-electron chi connectivity index (χ4n) is 4.75. The van der Waals surface area contributed by atoms with Crippen molar-refractivity contribution in [3.05, 3.63) is 152 Å². The van der Waals surface area contributed by atoms with Crippen LogP contribution in [0.25, 0.3) is 11.3 Å². The average molecular weight is 744 g/mol. The predicted octanol–water partition coefficient (Wildman–Crippen LogP) is 10.4. The number of amides is 1. The minimum absolute atomic E-state index is 0.195. The summed E-state index contributed by atoms with van der Waals surface area (Å²) >= 11 is 20.5. The number of nitrogens with zero attached hydrogens (tertiary/aromatic N) is 2. The van der Waals surface area contributed by atoms with Crippen LogP contribution in [0, 0.1) is 0 Å². The molecule has 252 valence electrons. The Labute approximate surface area is 308 Å². The van der Waals surface area contributed by atoms with Gasteiger partial charge in [-0.15, -0.1) is 11.3 Å². The van der Waals surface area contributed by atoms with Crippen LogP contribution < -0.4 is 25.0 Å². The van der Waals surface area contributed by atoms with Crippen molar-refractivity contribution in [3.8, 4) is 28.5 Å². The largest absolute Gasteiger partial charge is 0.493 e. The van der Waals surface area contributed by atoms with Gasteiger partial charge in [0.1, 0.15) is 13.2 Å². The molecule has 2 N–H and O–H groups in total. The standard InChI is InChI=1S/C38H29Cl3N4O4S/c1-47-35-19-25(7-16-34(35)48-21-24-5-3-2-4-6-24)22-49-36-31(40)17-26(18-32(36)41)20-42-45-37(46)28-10-8-27(9-11-28)33-23-50-38(44-33)43-30-14-12-29(39)13-15-30/h2-20,23H,21-22H2,1H3,(H,43,44)(H,45,46)/b42-20-. The van der Waals surface area contributed by atoms with Gasteiger partial charge in [0.05, 0.1) is 29.1 Å². The zero-order chi connectivity index (χ0) is 34.9. The molecular formula is C38H29Cl3N4O4S. The Morgan fingerprint density at radius 1 is 0.820 bits per heavy atom. The minimum Gasteiger partial charge on any atom is -0.493 e. The number of hydrazone groups is 1. The molecule has 1 aromatic heterocycles. The molecular weight excluding hydrogens is 715 g/mol. The van der Waals surface area contributed by atoms with E-state index in [-0.39, 0.29) is 12.5 Å². The lowest BCUT2D eigenvalue weighted by Gasteiger charge is -2.14. The monoisotopic (exact) mass is 742 g/mol. The second kappa shape index (κ2) is 16.6. The number of aromatic nitrogens is 1. The first-order valence-corrected chi connectivity index (χ1v) is 17.2. The van der Waals surface area contributed by atoms with Gasteiger partial charge in [-0.3, -0.25) is 4.79 Å². The van der Waals surface area contributed by atoms with Crippen LogP contribution in [0.4, 0.5) is 10.8 Å². The Bertz CT molecular complexity index is 2090. The maximum absolute atomic E-state index is 12.7. The molecule has 12 heteroatoms. The smallest absolute Gasteiger partial charge is 0.271 e. The van der Waals surface area contributed by atoms with Crippen molar-refractivity contribution in [2.45, 2.75) is 13.2 Å². The van der Waals surface area contributed by atoms with Crippen molar-refractivity contribution < 1.29 is 19.0 Å². The number of rotatable bonds is 13. The highest BCUT2D eigenvalue weighted by Gasteiger charge is 2.13. The van der Waals surface area contributed by atoms with E-state index < -0.39 is 0 Å². The normalized spacial score (nSPS) is 11.0. The van der Waals surface area contributed by atoms with Crippen LogP contribution in [-0.4, -0.2) is 24.2 Å². The third-order valence-corrected chi connectivity index (χ3v) is 8.86. The van der Waals surface area contributed by atoms with E-state index in [2.05, 4.69) is 20.8 Å². The third-order valence-electron chi connectivity index (χ3n) is 7.29. The Balaban J connectivity index is 1.01. The van der Waals surface area contributed by atoms with Crippen molar-refractivity contribution in [2.75, 3.05) is 12.4 Å². The summed E-state index contributed by atoms with van der Waals surface area (Å²) in [5.41, 5.74) is 8.00. The van der Waals surface area contributed by atoms with E-state index in [1.807, 2.05) is 90.3 Å². The van der Waals surface area contributed by atoms with Gasteiger partial charge in [-0.1, -0.05) is 83.3 Å². The molecule has 6 rings (SSSR count). The first kappa shape index (κ1) is 34.8. The summed E-state index contributed by atoms with van der Waals surface area (Å²) in [4.78, 5) is 17.4. The van der Waals surface area contributed by atoms with Crippen LogP contribution in [0.1, 0.15) is 27.0 Å². The molecule has 0 aliphatic rings. The van der Waals surface area contributed by atoms with Crippen molar-refractivity contribution in [1.82, 2.24) is 10.4 Å². The molecule has 1 heterocycles. The van der Waals surface area contributed by atoms with Crippen molar-refractivity contribution in [3.63, 3.8) is 0 Å². The summed E-state index contributed by atoms with van der Waals surface area (Å²) in [6, 6.07) is 33.3. The second-order valence-electron chi connectivity index (χ2n) is 10.8. The van der Waals surface area contributed by atoms with E-state index in [1.54, 1.807) is 31.4 Å². The van der Waals surface area contributed by atoms with Gasteiger partial charge in [-0.05, 0) is 77.4 Å². The number of ether oxygens (including phenoxy) is 3. The van der Waals surface area contributed by atoms with Crippen LogP contribution >= 0.6 is 46.1 Å². The first-order valence-electron chi connectivity index (χ1n) is 15.2. The molecule has 6 aromatic rings. The molecule has 0 spiro atoms. The highest BCUT2D eigenvalue weighted by molar-refractivity contribution is 7.14. The number of benzene rings is 5. The van der Waals surface area contributed by atoms with Crippen molar-refractivity contribution >= 4 is 69.1 Å². The molecule has 0 saturated heterocycles. The minimum atomic E-state index is -0.375. The SMILES string of the molecule is COc1cc(COc2c(Cl)cc(/C=N\NC(=O)c3ccc(-c4csc(Nc5ccc(Cl)cc5)n4)cc3)cc2Cl)ccc1OCc1ccccc1. The predicted molar refractivity (Wildman–Crippen MR) is 202 cm³/mol. The van der Waals surface area contributed by atoms with E-state index in [4.69, 9.17) is 49.0 Å². The first-order chi connectivity index (χ1) is 24.3. The van der Waals surface area contributed by atoms with Crippen LogP contribution in [-0.2, 0) is 13.2 Å². The summed E-state index contributed by atoms with van der Waals surface area (Å²) < 4.78 is 17.4. The van der Waals surface area contributed by atoms with E-state index >= 15 is 0 Å². The summed E-state index contributed by atoms with van der Waals surface area (Å²) in [5, 5.41) is 11.3. The fraction of sp³-hybridized carbons (Fsp3) is 0.0789. The average Bonchev–Trinajstić information content (AvgIpc) is 3.60. The van der Waals surface area contributed by atoms with Crippen LogP contribution in [0.2, 0.25) is 15.1 Å². The second-order valence-corrected chi connectivity index (χ2v) is 12.9. The van der Waals surface area contributed by atoms with Crippen molar-refractivity contribution in [2.24, 2.45) is 5.10 Å². The number of carbonyl (C=O) groups excluding carboxylic acids is 1. The molecule has 8 nitrogen and oxygen atoms in total. The number of halogens is 3. The number of carbonyl (C=O) groups is 1. The van der Waals surface area contributed by atoms with Crippen LogP contribution in [0.5, 0.6) is 17.2 Å². The Morgan fingerprint density at radius 2 is 1.54 bits per heavy atom. The number of nitrogens with one attached hydrogen (secondary N) is 2. The van der Waals surface area contributed by atoms with E-state index in [0.29, 0.717) is 50.1 Å². The maximum Gasteiger partial charge on any atom is 0.271 e. The lowest BCUT2D eigenvalue weighted by atomic mass is 10.1. The fourth-order valence-corrected chi connectivity index (χ4v) is 6.23. The quantitative estimate of drug-likeness (QED) is 0.0904. The van der Waals surface area contributed by atoms with Crippen molar-refractivity contribution in [1.29, 1.82) is 0 Å². The maximum atomic E-state index is 12.7. The van der Waals surface area contributed by atoms with E-state index in [9.17, 15) is 4.79 Å². The van der Waals surface area contributed by atoms with Gasteiger partial charge in [0, 0.05) is 27.2 Å². The number of hydrogen-bond acceptors (Lipinski definition) is 8. The van der Waals surface area contributed by atoms with Gasteiger partial charge in [-0.25, -0.2) is 10.4 Å². The van der Waals surface area contributed by atoms with Crippen LogP contribution in [0.3, 0.4) is 0 Å². The van der Waals surface area contributed by atoms with Gasteiger partial charge < -0.3 is 19.5 Å². The summed E-state index contributed by atoms with van der Waals surface area (Å²) in [6.07, 6.45) is 1.46. The zero-order valence-electron chi connectivity index (χ0n) is 26.5. The number of thiazole rings is 1. The number of methoxy groups -OCH3 is 1. The molecule has 0 atom stereocenters. The highest BCUT2D eigenvalue weighted by atomic mass is 35.5. The number of anilines is 2. The van der Waals surface area contributed by atoms with E-state index in [0.717, 1.165) is 33.2 Å². The molecule has 0 radical (unpaired) electrons. The van der Waals surface area contributed by atoms with Crippen LogP contribution in [0.15, 0.2) is 120 Å². The lowest BCUT2D eigenvalue weighted by Crippen LogP contribution is -2.17. The Hall–Kier alpha value is -5.06. The highest BCUT2D eigenvalue weighted by Crippen LogP contribution is 2.36. The van der Waals surface area contributed by atoms with Gasteiger partial charge in [-0.2, -0.15) is 5.10 Å². The summed E-state index contributed by atoms with van der Waals surface area (Å²) in [6.45, 7) is 0.617. The van der Waals surface area contributed by atoms with E-state index in [1.165, 1.54) is 17.6 Å². The van der Waals surface area contributed by atoms with Gasteiger partial charge in [0.15, 0.2) is 22.4 Å². The molecule has 0 saturated carbocycles. The molecule has 5 aromatic carbocycles. The summed E-state index contributed by atoms with van der Waals surface area (Å²) in [5.74, 6) is 1.16. The molecule has 0 unspecified atom stereocenters. The molecule has 0 aliphatic carbocycles. The Kier molecular flexibility index (Phi) is 11.5. The number of hydrogen-bond donors (Lipinski definition) is 2. The molecule has 0 fully saturated rings. The van der Waals surface area contributed by atoms with Gasteiger partial charge >= 0.3 is 0 Å². The molecule has 0 aliphatic heterocycles. The zero-order valence-corrected chi connectivity index (χ0v) is 29.6. The molecule has 0 bridgehead atoms. The van der Waals surface area contributed by atoms with Gasteiger partial charge in [0.25, 0.3) is 5.91 Å². The molecule has 50 heavy (non-hydrogen) atoms. The Morgan fingerprint density at radius 3 is 2.26 bits per heavy atom. The summed E-state index contributed by atoms with van der Waals surface area (Å²) in [7, 11) is 1.59. The topological polar surface area (TPSA) is 94.1 Å². The molecule has 1 amide bonds.